The maximum Gasteiger partial charge on any atom is 0.288 e. The van der Waals surface area contributed by atoms with Crippen molar-refractivity contribution in [3.63, 3.8) is 0 Å². The molecule has 1 N–H and O–H groups in total. The van der Waals surface area contributed by atoms with Crippen LogP contribution in [0.5, 0.6) is 0 Å². The first kappa shape index (κ1) is 18.3. The molecule has 1 amide bonds. The molecule has 0 aliphatic heterocycles. The van der Waals surface area contributed by atoms with Crippen molar-refractivity contribution in [2.45, 2.75) is 6.92 Å². The maximum absolute atomic E-state index is 12.1. The fourth-order valence-corrected chi connectivity index (χ4v) is 3.49. The van der Waals surface area contributed by atoms with Crippen LogP contribution < -0.4 is 5.32 Å². The largest absolute Gasteiger partial charge is 0.298 e. The molecule has 0 aliphatic carbocycles. The van der Waals surface area contributed by atoms with Gasteiger partial charge in [0, 0.05) is 17.2 Å². The van der Waals surface area contributed by atoms with Crippen LogP contribution in [-0.4, -0.2) is 15.8 Å². The molecular weight excluding hydrogens is 397 g/mol. The van der Waals surface area contributed by atoms with Crippen LogP contribution in [0.25, 0.3) is 16.3 Å². The number of hydrogen-bond donors (Lipinski definition) is 1. The summed E-state index contributed by atoms with van der Waals surface area (Å²) in [7, 11) is 0. The fraction of sp³-hybridized carbons (Fsp3) is 0.0588. The van der Waals surface area contributed by atoms with Gasteiger partial charge in [0.1, 0.15) is 5.02 Å². The van der Waals surface area contributed by atoms with Gasteiger partial charge >= 0.3 is 0 Å². The van der Waals surface area contributed by atoms with E-state index in [4.69, 9.17) is 23.2 Å². The summed E-state index contributed by atoms with van der Waals surface area (Å²) >= 11 is 13.2. The van der Waals surface area contributed by atoms with Crippen LogP contribution in [0.15, 0.2) is 36.4 Å². The van der Waals surface area contributed by atoms with Crippen LogP contribution in [0.1, 0.15) is 11.1 Å². The minimum Gasteiger partial charge on any atom is -0.298 e. The Balaban J connectivity index is 1.75. The summed E-state index contributed by atoms with van der Waals surface area (Å²) < 4.78 is 0.916. The third-order valence-electron chi connectivity index (χ3n) is 3.49. The zero-order valence-electron chi connectivity index (χ0n) is 13.3. The molecule has 3 rings (SSSR count). The first-order valence-electron chi connectivity index (χ1n) is 7.33. The number of thiazole rings is 1. The standard InChI is InChI=1S/C17H11Cl2N3O3S/c1-9-6-15-13(8-12(9)19)20-17(26-15)21-16(23)5-3-10-2-4-11(18)14(7-10)22(24)25/h2-8H,1H3,(H,20,21,23). The smallest absolute Gasteiger partial charge is 0.288 e. The molecule has 1 heterocycles. The molecule has 132 valence electrons. The maximum atomic E-state index is 12.1. The molecule has 0 radical (unpaired) electrons. The lowest BCUT2D eigenvalue weighted by Crippen LogP contribution is -2.07. The Morgan fingerprint density at radius 1 is 1.27 bits per heavy atom. The number of aromatic nitrogens is 1. The van der Waals surface area contributed by atoms with Crippen molar-refractivity contribution in [3.8, 4) is 0 Å². The van der Waals surface area contributed by atoms with Gasteiger partial charge in [-0.2, -0.15) is 0 Å². The number of benzene rings is 2. The Kier molecular flexibility index (Phi) is 5.22. The van der Waals surface area contributed by atoms with Gasteiger partial charge in [0.15, 0.2) is 5.13 Å². The molecule has 0 saturated heterocycles. The van der Waals surface area contributed by atoms with Crippen molar-refractivity contribution in [1.82, 2.24) is 4.98 Å². The van der Waals surface area contributed by atoms with E-state index in [0.717, 1.165) is 10.3 Å². The summed E-state index contributed by atoms with van der Waals surface area (Å²) in [5, 5.41) is 14.7. The summed E-state index contributed by atoms with van der Waals surface area (Å²) in [4.78, 5) is 26.7. The van der Waals surface area contributed by atoms with Gasteiger partial charge in [0.25, 0.3) is 5.69 Å². The molecule has 6 nitrogen and oxygen atoms in total. The molecule has 0 saturated carbocycles. The zero-order chi connectivity index (χ0) is 18.8. The van der Waals surface area contributed by atoms with E-state index >= 15 is 0 Å². The third-order valence-corrected chi connectivity index (χ3v) is 5.15. The van der Waals surface area contributed by atoms with Crippen LogP contribution in [0.2, 0.25) is 10.0 Å². The minimum absolute atomic E-state index is 0.0417. The predicted octanol–water partition coefficient (Wildman–Crippen LogP) is 5.47. The average molecular weight is 408 g/mol. The second-order valence-corrected chi connectivity index (χ2v) is 7.22. The SMILES string of the molecule is Cc1cc2sc(NC(=O)C=Cc3ccc(Cl)c([N+](=O)[O-])c3)nc2cc1Cl. The molecule has 0 aliphatic rings. The van der Waals surface area contributed by atoms with Gasteiger partial charge in [-0.05, 0) is 42.3 Å². The number of nitrogens with one attached hydrogen (secondary N) is 1. The van der Waals surface area contributed by atoms with E-state index in [1.54, 1.807) is 12.1 Å². The van der Waals surface area contributed by atoms with Crippen molar-refractivity contribution in [1.29, 1.82) is 0 Å². The van der Waals surface area contributed by atoms with Gasteiger partial charge in [-0.3, -0.25) is 20.2 Å². The molecule has 0 spiro atoms. The third kappa shape index (κ3) is 4.01. The predicted molar refractivity (Wildman–Crippen MR) is 105 cm³/mol. The topological polar surface area (TPSA) is 85.1 Å². The van der Waals surface area contributed by atoms with E-state index in [-0.39, 0.29) is 10.7 Å². The van der Waals surface area contributed by atoms with Crippen LogP contribution in [0.3, 0.4) is 0 Å². The van der Waals surface area contributed by atoms with E-state index in [9.17, 15) is 14.9 Å². The molecule has 3 aromatic rings. The summed E-state index contributed by atoms with van der Waals surface area (Å²) in [6.07, 6.45) is 2.74. The summed E-state index contributed by atoms with van der Waals surface area (Å²) in [5.74, 6) is -0.399. The highest BCUT2D eigenvalue weighted by atomic mass is 35.5. The van der Waals surface area contributed by atoms with Gasteiger partial charge in [-0.25, -0.2) is 4.98 Å². The summed E-state index contributed by atoms with van der Waals surface area (Å²) in [6, 6.07) is 7.96. The molecule has 0 bridgehead atoms. The molecule has 2 aromatic carbocycles. The van der Waals surface area contributed by atoms with E-state index in [0.29, 0.717) is 21.2 Å². The molecular formula is C17H11Cl2N3O3S. The molecule has 1 aromatic heterocycles. The van der Waals surface area contributed by atoms with E-state index in [1.165, 1.54) is 35.6 Å². The highest BCUT2D eigenvalue weighted by Crippen LogP contribution is 2.30. The van der Waals surface area contributed by atoms with Crippen molar-refractivity contribution in [3.05, 3.63) is 67.7 Å². The molecule has 26 heavy (non-hydrogen) atoms. The van der Waals surface area contributed by atoms with Crippen molar-refractivity contribution in [2.24, 2.45) is 0 Å². The highest BCUT2D eigenvalue weighted by molar-refractivity contribution is 7.22. The number of nitrogens with zero attached hydrogens (tertiary/aromatic N) is 2. The minimum atomic E-state index is -0.575. The average Bonchev–Trinajstić information content (AvgIpc) is 2.95. The number of nitro groups is 1. The highest BCUT2D eigenvalue weighted by Gasteiger charge is 2.12. The van der Waals surface area contributed by atoms with Crippen LogP contribution in [-0.2, 0) is 4.79 Å². The first-order valence-corrected chi connectivity index (χ1v) is 8.90. The Hall–Kier alpha value is -2.48. The second kappa shape index (κ2) is 7.41. The Bertz CT molecular complexity index is 1020. The van der Waals surface area contributed by atoms with Gasteiger partial charge in [-0.1, -0.05) is 40.6 Å². The van der Waals surface area contributed by atoms with Crippen LogP contribution in [0.4, 0.5) is 10.8 Å². The van der Waals surface area contributed by atoms with E-state index < -0.39 is 10.8 Å². The van der Waals surface area contributed by atoms with Gasteiger partial charge < -0.3 is 0 Å². The van der Waals surface area contributed by atoms with E-state index in [2.05, 4.69) is 10.3 Å². The van der Waals surface area contributed by atoms with Crippen LogP contribution in [0, 0.1) is 17.0 Å². The second-order valence-electron chi connectivity index (χ2n) is 5.38. The number of amides is 1. The number of rotatable bonds is 4. The van der Waals surface area contributed by atoms with Crippen LogP contribution >= 0.6 is 34.5 Å². The van der Waals surface area contributed by atoms with Crippen molar-refractivity contribution >= 4 is 67.6 Å². The van der Waals surface area contributed by atoms with Gasteiger partial charge in [-0.15, -0.1) is 0 Å². The Morgan fingerprint density at radius 3 is 2.77 bits per heavy atom. The molecule has 9 heteroatoms. The zero-order valence-corrected chi connectivity index (χ0v) is 15.7. The quantitative estimate of drug-likeness (QED) is 0.352. The van der Waals surface area contributed by atoms with Crippen molar-refractivity contribution in [2.75, 3.05) is 5.32 Å². The van der Waals surface area contributed by atoms with E-state index in [1.807, 2.05) is 13.0 Å². The van der Waals surface area contributed by atoms with Crippen molar-refractivity contribution < 1.29 is 9.72 Å². The lowest BCUT2D eigenvalue weighted by molar-refractivity contribution is -0.384. The number of anilines is 1. The molecule has 0 atom stereocenters. The number of aryl methyl sites for hydroxylation is 1. The Morgan fingerprint density at radius 2 is 2.04 bits per heavy atom. The summed E-state index contributed by atoms with van der Waals surface area (Å²) in [6.45, 7) is 1.90. The summed E-state index contributed by atoms with van der Waals surface area (Å²) in [5.41, 5.74) is 1.92. The lowest BCUT2D eigenvalue weighted by Gasteiger charge is -1.98. The number of carbonyl (C=O) groups excluding carboxylic acids is 1. The number of carbonyl (C=O) groups is 1. The normalized spacial score (nSPS) is 11.2. The molecule has 0 fully saturated rings. The number of nitro benzene ring substituents is 1. The fourth-order valence-electron chi connectivity index (χ4n) is 2.20. The van der Waals surface area contributed by atoms with Gasteiger partial charge in [0.05, 0.1) is 15.1 Å². The number of fused-ring (bicyclic) bond motifs is 1. The Labute approximate surface area is 162 Å². The monoisotopic (exact) mass is 407 g/mol. The van der Waals surface area contributed by atoms with Gasteiger partial charge in [0.2, 0.25) is 5.91 Å². The first-order chi connectivity index (χ1) is 12.3. The number of hydrogen-bond acceptors (Lipinski definition) is 5. The lowest BCUT2D eigenvalue weighted by atomic mass is 10.2. The number of halogens is 2. The molecule has 0 unspecified atom stereocenters.